The van der Waals surface area contributed by atoms with Gasteiger partial charge in [0, 0.05) is 31.2 Å². The van der Waals surface area contributed by atoms with E-state index in [1.807, 2.05) is 23.1 Å². The SMILES string of the molecule is COc1ccccc1Nc1cc2c(c(C(F)(F)F)c1)N(C)C1CCNCC21. The summed E-state index contributed by atoms with van der Waals surface area (Å²) >= 11 is 0. The number of halogens is 3. The smallest absolute Gasteiger partial charge is 0.418 e. The van der Waals surface area contributed by atoms with E-state index in [-0.39, 0.29) is 12.0 Å². The Bertz CT molecular complexity index is 853. The van der Waals surface area contributed by atoms with Crippen molar-refractivity contribution in [1.82, 2.24) is 5.32 Å². The molecule has 2 N–H and O–H groups in total. The van der Waals surface area contributed by atoms with Crippen LogP contribution in [0.2, 0.25) is 0 Å². The number of fused-ring (bicyclic) bond motifs is 3. The summed E-state index contributed by atoms with van der Waals surface area (Å²) in [5.74, 6) is 0.639. The third kappa shape index (κ3) is 3.10. The first-order valence-electron chi connectivity index (χ1n) is 8.99. The molecule has 1 fully saturated rings. The first-order valence-corrected chi connectivity index (χ1v) is 8.99. The quantitative estimate of drug-likeness (QED) is 0.834. The van der Waals surface area contributed by atoms with Gasteiger partial charge in [0.15, 0.2) is 0 Å². The molecule has 2 aromatic carbocycles. The van der Waals surface area contributed by atoms with E-state index in [0.717, 1.165) is 18.5 Å². The van der Waals surface area contributed by atoms with Crippen molar-refractivity contribution in [2.75, 3.05) is 37.5 Å². The number of hydrogen-bond donors (Lipinski definition) is 2. The normalized spacial score (nSPS) is 21.6. The summed E-state index contributed by atoms with van der Waals surface area (Å²) in [5.41, 5.74) is 1.53. The fourth-order valence-corrected chi connectivity index (χ4v) is 4.32. The van der Waals surface area contributed by atoms with E-state index in [9.17, 15) is 13.2 Å². The molecule has 4 nitrogen and oxygen atoms in total. The monoisotopic (exact) mass is 377 g/mol. The van der Waals surface area contributed by atoms with Gasteiger partial charge in [0.1, 0.15) is 5.75 Å². The van der Waals surface area contributed by atoms with Crippen LogP contribution in [0.1, 0.15) is 23.5 Å². The number of nitrogens with one attached hydrogen (secondary N) is 2. The van der Waals surface area contributed by atoms with Crippen molar-refractivity contribution in [3.05, 3.63) is 47.5 Å². The zero-order valence-corrected chi connectivity index (χ0v) is 15.2. The number of nitrogens with zero attached hydrogens (tertiary/aromatic N) is 1. The average molecular weight is 377 g/mol. The van der Waals surface area contributed by atoms with Crippen molar-refractivity contribution in [1.29, 1.82) is 0 Å². The molecule has 4 rings (SSSR count). The Hall–Kier alpha value is -2.41. The molecular weight excluding hydrogens is 355 g/mol. The van der Waals surface area contributed by atoms with Crippen LogP contribution in [-0.4, -0.2) is 33.3 Å². The number of piperidine rings is 1. The average Bonchev–Trinajstić information content (AvgIpc) is 2.94. The summed E-state index contributed by atoms with van der Waals surface area (Å²) in [7, 11) is 3.31. The maximum absolute atomic E-state index is 13.9. The molecule has 0 amide bonds. The van der Waals surface area contributed by atoms with Gasteiger partial charge in [-0.15, -0.1) is 0 Å². The summed E-state index contributed by atoms with van der Waals surface area (Å²) in [6.45, 7) is 1.52. The molecule has 0 aliphatic carbocycles. The van der Waals surface area contributed by atoms with E-state index < -0.39 is 11.7 Å². The van der Waals surface area contributed by atoms with Crippen LogP contribution in [0.3, 0.4) is 0 Å². The van der Waals surface area contributed by atoms with Gasteiger partial charge in [-0.1, -0.05) is 12.1 Å². The fourth-order valence-electron chi connectivity index (χ4n) is 4.32. The Morgan fingerprint density at radius 1 is 1.22 bits per heavy atom. The summed E-state index contributed by atoms with van der Waals surface area (Å²) < 4.78 is 46.9. The predicted octanol–water partition coefficient (Wildman–Crippen LogP) is 4.35. The van der Waals surface area contributed by atoms with Crippen molar-refractivity contribution < 1.29 is 17.9 Å². The predicted molar refractivity (Wildman–Crippen MR) is 100 cm³/mol. The number of para-hydroxylation sites is 2. The van der Waals surface area contributed by atoms with Gasteiger partial charge >= 0.3 is 6.18 Å². The molecule has 144 valence electrons. The number of hydrogen-bond acceptors (Lipinski definition) is 4. The zero-order chi connectivity index (χ0) is 19.2. The van der Waals surface area contributed by atoms with Crippen LogP contribution in [0.25, 0.3) is 0 Å². The standard InChI is InChI=1S/C20H22F3N3O/c1-26-17-7-8-24-11-14(17)13-9-12(10-15(19(13)26)20(21,22)23)25-16-5-3-4-6-18(16)27-2/h3-6,9-10,14,17,24-25H,7-8,11H2,1-2H3. The molecule has 2 aromatic rings. The molecule has 0 aromatic heterocycles. The lowest BCUT2D eigenvalue weighted by Gasteiger charge is -2.31. The Labute approximate surface area is 156 Å². The zero-order valence-electron chi connectivity index (χ0n) is 15.2. The Balaban J connectivity index is 1.81. The van der Waals surface area contributed by atoms with Gasteiger partial charge < -0.3 is 20.3 Å². The third-order valence-electron chi connectivity index (χ3n) is 5.53. The van der Waals surface area contributed by atoms with Crippen LogP contribution in [0.4, 0.5) is 30.2 Å². The molecular formula is C20H22F3N3O. The van der Waals surface area contributed by atoms with Crippen LogP contribution >= 0.6 is 0 Å². The first kappa shape index (κ1) is 18.0. The summed E-state index contributed by atoms with van der Waals surface area (Å²) in [6, 6.07) is 10.4. The van der Waals surface area contributed by atoms with Crippen molar-refractivity contribution in [3.63, 3.8) is 0 Å². The fraction of sp³-hybridized carbons (Fsp3) is 0.400. The van der Waals surface area contributed by atoms with Crippen LogP contribution in [0, 0.1) is 0 Å². The molecule has 0 spiro atoms. The number of ether oxygens (including phenoxy) is 1. The Kier molecular flexibility index (Phi) is 4.42. The lowest BCUT2D eigenvalue weighted by atomic mass is 9.89. The second kappa shape index (κ2) is 6.64. The van der Waals surface area contributed by atoms with Crippen LogP contribution in [0.5, 0.6) is 5.75 Å². The topological polar surface area (TPSA) is 36.5 Å². The van der Waals surface area contributed by atoms with Gasteiger partial charge in [-0.3, -0.25) is 0 Å². The van der Waals surface area contributed by atoms with E-state index in [1.165, 1.54) is 13.2 Å². The maximum atomic E-state index is 13.9. The third-order valence-corrected chi connectivity index (χ3v) is 5.53. The number of anilines is 3. The lowest BCUT2D eigenvalue weighted by molar-refractivity contribution is -0.137. The molecule has 2 atom stereocenters. The van der Waals surface area contributed by atoms with E-state index in [4.69, 9.17) is 4.74 Å². The Morgan fingerprint density at radius 3 is 2.74 bits per heavy atom. The first-order chi connectivity index (χ1) is 12.9. The van der Waals surface area contributed by atoms with E-state index in [2.05, 4.69) is 10.6 Å². The molecule has 2 heterocycles. The molecule has 0 bridgehead atoms. The van der Waals surface area contributed by atoms with Crippen molar-refractivity contribution in [2.24, 2.45) is 0 Å². The largest absolute Gasteiger partial charge is 0.495 e. The van der Waals surface area contributed by atoms with Gasteiger partial charge in [0.05, 0.1) is 24.0 Å². The summed E-state index contributed by atoms with van der Waals surface area (Å²) in [4.78, 5) is 1.82. The van der Waals surface area contributed by atoms with E-state index >= 15 is 0 Å². The molecule has 7 heteroatoms. The van der Waals surface area contributed by atoms with Crippen molar-refractivity contribution in [2.45, 2.75) is 24.6 Å². The molecule has 2 aliphatic rings. The van der Waals surface area contributed by atoms with Crippen molar-refractivity contribution >= 4 is 17.1 Å². The molecule has 2 unspecified atom stereocenters. The van der Waals surface area contributed by atoms with E-state index in [1.54, 1.807) is 19.2 Å². The van der Waals surface area contributed by atoms with Crippen molar-refractivity contribution in [3.8, 4) is 5.75 Å². The van der Waals surface area contributed by atoms with Gasteiger partial charge in [0.2, 0.25) is 0 Å². The van der Waals surface area contributed by atoms with Crippen LogP contribution < -0.4 is 20.3 Å². The molecule has 0 saturated carbocycles. The van der Waals surface area contributed by atoms with Gasteiger partial charge in [-0.25, -0.2) is 0 Å². The number of alkyl halides is 3. The molecule has 0 radical (unpaired) electrons. The number of rotatable bonds is 3. The summed E-state index contributed by atoms with van der Waals surface area (Å²) in [5, 5.41) is 6.43. The highest BCUT2D eigenvalue weighted by Crippen LogP contribution is 2.50. The van der Waals surface area contributed by atoms with Crippen LogP contribution in [0.15, 0.2) is 36.4 Å². The van der Waals surface area contributed by atoms with Gasteiger partial charge in [-0.05, 0) is 42.8 Å². The minimum absolute atomic E-state index is 0.0549. The van der Waals surface area contributed by atoms with E-state index in [0.29, 0.717) is 29.4 Å². The lowest BCUT2D eigenvalue weighted by Crippen LogP contribution is -2.42. The second-order valence-electron chi connectivity index (χ2n) is 7.06. The maximum Gasteiger partial charge on any atom is 0.418 e. The second-order valence-corrected chi connectivity index (χ2v) is 7.06. The number of likely N-dealkylation sites (N-methyl/N-ethyl adjacent to an activating group) is 1. The summed E-state index contributed by atoms with van der Waals surface area (Å²) in [6.07, 6.45) is -3.58. The van der Waals surface area contributed by atoms with Gasteiger partial charge in [0.25, 0.3) is 0 Å². The number of methoxy groups -OCH3 is 1. The minimum Gasteiger partial charge on any atom is -0.495 e. The highest BCUT2D eigenvalue weighted by atomic mass is 19.4. The molecule has 2 aliphatic heterocycles. The molecule has 27 heavy (non-hydrogen) atoms. The highest BCUT2D eigenvalue weighted by molar-refractivity contribution is 5.75. The minimum atomic E-state index is -4.42. The molecule has 1 saturated heterocycles. The van der Waals surface area contributed by atoms with Crippen LogP contribution in [-0.2, 0) is 6.18 Å². The number of benzene rings is 2. The Morgan fingerprint density at radius 2 is 2.00 bits per heavy atom. The van der Waals surface area contributed by atoms with Gasteiger partial charge in [-0.2, -0.15) is 13.2 Å². The highest BCUT2D eigenvalue weighted by Gasteiger charge is 2.45.